The summed E-state index contributed by atoms with van der Waals surface area (Å²) in [5, 5.41) is 19.5. The quantitative estimate of drug-likeness (QED) is 0.0757. The van der Waals surface area contributed by atoms with E-state index in [1.165, 1.54) is 28.8 Å². The first-order valence-electron chi connectivity index (χ1n) is 22.1. The number of nitro groups is 1. The van der Waals surface area contributed by atoms with Crippen LogP contribution in [-0.4, -0.2) is 118 Å². The minimum atomic E-state index is -4.64. The fraction of sp³-hybridized carbons (Fsp3) is 0.383. The Morgan fingerprint density at radius 1 is 1.00 bits per heavy atom. The summed E-state index contributed by atoms with van der Waals surface area (Å²) >= 11 is 6.26. The van der Waals surface area contributed by atoms with Crippen molar-refractivity contribution >= 4 is 78.5 Å². The number of allylic oxidation sites excluding steroid dienone is 1. The zero-order valence-electron chi connectivity index (χ0n) is 36.8. The maximum absolute atomic E-state index is 14.4. The molecule has 346 valence electrons. The number of carbonyl (C=O) groups is 2. The number of carbonyl (C=O) groups excluding carboxylic acids is 2. The Balaban J connectivity index is 0.998. The van der Waals surface area contributed by atoms with Crippen LogP contribution in [0.1, 0.15) is 59.5 Å². The van der Waals surface area contributed by atoms with E-state index in [0.717, 1.165) is 56.0 Å². The number of nitrogens with one attached hydrogen (secondary N) is 4. The first-order valence-corrected chi connectivity index (χ1v) is 24.0. The highest BCUT2D eigenvalue weighted by atomic mass is 35.5. The van der Waals surface area contributed by atoms with Gasteiger partial charge >= 0.3 is 0 Å². The van der Waals surface area contributed by atoms with Crippen LogP contribution in [0.2, 0.25) is 5.02 Å². The third kappa shape index (κ3) is 9.73. The Morgan fingerprint density at radius 2 is 1.80 bits per heavy atom. The average Bonchev–Trinajstić information content (AvgIpc) is 3.71. The van der Waals surface area contributed by atoms with Crippen molar-refractivity contribution in [2.45, 2.75) is 44.1 Å². The minimum absolute atomic E-state index is 0.0137. The topological polar surface area (TPSA) is 204 Å². The smallest absolute Gasteiger partial charge is 0.293 e. The van der Waals surface area contributed by atoms with E-state index in [2.05, 4.69) is 61.1 Å². The number of aromatic nitrogens is 2. The second kappa shape index (κ2) is 18.7. The molecule has 5 heterocycles. The molecule has 0 radical (unpaired) electrons. The van der Waals surface area contributed by atoms with Crippen molar-refractivity contribution in [1.82, 2.24) is 24.9 Å². The molecule has 0 spiro atoms. The van der Waals surface area contributed by atoms with Crippen LogP contribution >= 0.6 is 11.6 Å². The molecule has 2 amide bonds. The molecular formula is C47H52ClN9O8S. The molecule has 4 N–H and O–H groups in total. The zero-order valence-corrected chi connectivity index (χ0v) is 38.3. The van der Waals surface area contributed by atoms with Crippen molar-refractivity contribution < 1.29 is 32.4 Å². The Bertz CT molecular complexity index is 2820. The molecule has 1 atom stereocenters. The molecule has 2 aromatic heterocycles. The largest absolute Gasteiger partial charge is 0.377 e. The van der Waals surface area contributed by atoms with Crippen molar-refractivity contribution in [3.8, 4) is 0 Å². The molecule has 0 saturated carbocycles. The van der Waals surface area contributed by atoms with Crippen LogP contribution in [0.3, 0.4) is 0 Å². The number of rotatable bonds is 12. The second-order valence-electron chi connectivity index (χ2n) is 17.9. The van der Waals surface area contributed by atoms with E-state index in [1.807, 2.05) is 35.2 Å². The number of piperazine rings is 1. The minimum Gasteiger partial charge on any atom is -0.377 e. The van der Waals surface area contributed by atoms with Gasteiger partial charge in [0.2, 0.25) is 0 Å². The molecule has 1 unspecified atom stereocenters. The third-order valence-corrected chi connectivity index (χ3v) is 14.4. The SMILES string of the molecule is CC1(C)CCC(CN2CCN(c3ccc(C(=O)NS(=O)(=O)c4ccc(NCC5COCCO5)c([N+](=O)[O-])c4)c(N4CCNC(=O)c5nc6[nH]ccc6cc54)c3)CC2)=C(c2ccc(Cl)cc2)C1. The van der Waals surface area contributed by atoms with E-state index < -0.39 is 31.4 Å². The van der Waals surface area contributed by atoms with Crippen molar-refractivity contribution in [2.24, 2.45) is 5.41 Å². The van der Waals surface area contributed by atoms with E-state index in [1.54, 1.807) is 18.3 Å². The lowest BCUT2D eigenvalue weighted by Gasteiger charge is -2.39. The molecule has 2 saturated heterocycles. The number of nitro benzene ring substituents is 1. The van der Waals surface area contributed by atoms with Crippen molar-refractivity contribution in [3.05, 3.63) is 117 Å². The molecule has 5 aromatic rings. The van der Waals surface area contributed by atoms with Crippen LogP contribution in [0, 0.1) is 15.5 Å². The van der Waals surface area contributed by atoms with E-state index in [4.69, 9.17) is 21.1 Å². The van der Waals surface area contributed by atoms with Gasteiger partial charge in [-0.1, -0.05) is 43.2 Å². The molecular weight excluding hydrogens is 886 g/mol. The molecule has 3 aromatic carbocycles. The summed E-state index contributed by atoms with van der Waals surface area (Å²) < 4.78 is 41.1. The summed E-state index contributed by atoms with van der Waals surface area (Å²) in [6, 6.07) is 20.5. The van der Waals surface area contributed by atoms with Gasteiger partial charge in [-0.05, 0) is 90.4 Å². The molecule has 2 fully saturated rings. The van der Waals surface area contributed by atoms with E-state index in [0.29, 0.717) is 55.0 Å². The van der Waals surface area contributed by atoms with Gasteiger partial charge in [-0.25, -0.2) is 18.1 Å². The Morgan fingerprint density at radius 3 is 2.56 bits per heavy atom. The number of nitrogens with zero attached hydrogens (tertiary/aromatic N) is 5. The van der Waals surface area contributed by atoms with Gasteiger partial charge in [-0.2, -0.15) is 0 Å². The van der Waals surface area contributed by atoms with Gasteiger partial charge in [0.05, 0.1) is 52.7 Å². The third-order valence-electron chi connectivity index (χ3n) is 12.8. The first-order chi connectivity index (χ1) is 31.7. The van der Waals surface area contributed by atoms with Gasteiger partial charge in [-0.3, -0.25) is 24.6 Å². The van der Waals surface area contributed by atoms with Crippen LogP contribution in [-0.2, 0) is 19.5 Å². The maximum Gasteiger partial charge on any atom is 0.293 e. The molecule has 9 rings (SSSR count). The highest BCUT2D eigenvalue weighted by Gasteiger charge is 2.33. The van der Waals surface area contributed by atoms with E-state index in [9.17, 15) is 28.1 Å². The molecule has 3 aliphatic heterocycles. The highest BCUT2D eigenvalue weighted by molar-refractivity contribution is 7.90. The number of aromatic amines is 1. The van der Waals surface area contributed by atoms with Crippen LogP contribution in [0.5, 0.6) is 0 Å². The standard InChI is InChI=1S/C47H52ClN9O8S/c1-47(2)13-11-32(38(26-47)30-3-5-33(48)6-4-30)28-54-17-19-55(20-18-54)34-7-9-37(40(24-34)56-16-15-50-46(59)43-42(56)23-31-12-14-49-44(31)52-43)45(58)53-66(62,63)36-8-10-39(41(25-36)57(60)61)51-27-35-29-64-21-22-65-35/h3-10,12,14,23-25,35,51H,11,13,15-22,26-29H2,1-2H3,(H,49,52)(H,50,59)(H,53,58). The summed E-state index contributed by atoms with van der Waals surface area (Å²) in [7, 11) is -4.64. The van der Waals surface area contributed by atoms with Crippen LogP contribution in [0.4, 0.5) is 28.4 Å². The number of fused-ring (bicyclic) bond motifs is 2. The summed E-state index contributed by atoms with van der Waals surface area (Å²) in [4.78, 5) is 53.0. The Labute approximate surface area is 387 Å². The number of H-pyrrole nitrogens is 1. The lowest BCUT2D eigenvalue weighted by Crippen LogP contribution is -2.47. The van der Waals surface area contributed by atoms with Crippen LogP contribution in [0.25, 0.3) is 16.6 Å². The highest BCUT2D eigenvalue weighted by Crippen LogP contribution is 2.44. The summed E-state index contributed by atoms with van der Waals surface area (Å²) in [6.45, 7) is 10.3. The molecule has 19 heteroatoms. The lowest BCUT2D eigenvalue weighted by molar-refractivity contribution is -0.384. The molecule has 0 bridgehead atoms. The van der Waals surface area contributed by atoms with Crippen LogP contribution in [0.15, 0.2) is 89.5 Å². The molecule has 66 heavy (non-hydrogen) atoms. The van der Waals surface area contributed by atoms with Crippen LogP contribution < -0.4 is 25.2 Å². The van der Waals surface area contributed by atoms with E-state index in [-0.39, 0.29) is 54.0 Å². The summed E-state index contributed by atoms with van der Waals surface area (Å²) in [5.74, 6) is -1.35. The fourth-order valence-electron chi connectivity index (χ4n) is 9.20. The number of halogens is 1. The number of ether oxygens (including phenoxy) is 2. The summed E-state index contributed by atoms with van der Waals surface area (Å²) in [6.07, 6.45) is 4.52. The number of pyridine rings is 1. The molecule has 17 nitrogen and oxygen atoms in total. The number of sulfonamides is 1. The van der Waals surface area contributed by atoms with Gasteiger partial charge in [0.25, 0.3) is 27.5 Å². The normalized spacial score (nSPS) is 19.3. The maximum atomic E-state index is 14.4. The first kappa shape index (κ1) is 45.1. The number of anilines is 4. The second-order valence-corrected chi connectivity index (χ2v) is 20.0. The van der Waals surface area contributed by atoms with Crippen molar-refractivity contribution in [1.29, 1.82) is 0 Å². The number of hydrogen-bond acceptors (Lipinski definition) is 13. The number of hydrogen-bond donors (Lipinski definition) is 4. The lowest BCUT2D eigenvalue weighted by atomic mass is 9.72. The van der Waals surface area contributed by atoms with Gasteiger partial charge in [-0.15, -0.1) is 0 Å². The van der Waals surface area contributed by atoms with Gasteiger partial charge in [0, 0.05) is 80.7 Å². The van der Waals surface area contributed by atoms with Crippen molar-refractivity contribution in [2.75, 3.05) is 87.3 Å². The zero-order chi connectivity index (χ0) is 46.2. The Kier molecular flexibility index (Phi) is 12.8. The predicted molar refractivity (Wildman–Crippen MR) is 253 cm³/mol. The van der Waals surface area contributed by atoms with E-state index >= 15 is 0 Å². The average molecular weight is 939 g/mol. The van der Waals surface area contributed by atoms with Crippen molar-refractivity contribution in [3.63, 3.8) is 0 Å². The van der Waals surface area contributed by atoms with Gasteiger partial charge in [0.15, 0.2) is 5.69 Å². The van der Waals surface area contributed by atoms with Gasteiger partial charge in [0.1, 0.15) is 11.3 Å². The predicted octanol–water partition coefficient (Wildman–Crippen LogP) is 6.74. The van der Waals surface area contributed by atoms with Gasteiger partial charge < -0.3 is 34.9 Å². The fourth-order valence-corrected chi connectivity index (χ4v) is 10.3. The molecule has 4 aliphatic rings. The monoisotopic (exact) mass is 937 g/mol. The number of amides is 2. The molecule has 1 aliphatic carbocycles. The number of benzene rings is 3. The summed E-state index contributed by atoms with van der Waals surface area (Å²) in [5.41, 5.74) is 6.15. The Hall–Kier alpha value is -6.05.